The molecule has 122 valence electrons. The number of aromatic nitrogens is 2. The first-order chi connectivity index (χ1) is 10.9. The summed E-state index contributed by atoms with van der Waals surface area (Å²) in [5.74, 6) is 1.03. The molecule has 3 atom stereocenters. The molecule has 8 heteroatoms. The van der Waals surface area contributed by atoms with Crippen molar-refractivity contribution in [1.29, 1.82) is 0 Å². The number of rotatable bonds is 5. The molecule has 0 radical (unpaired) electrons. The summed E-state index contributed by atoms with van der Waals surface area (Å²) in [6.07, 6.45) is 0.937. The molecule has 2 unspecified atom stereocenters. The summed E-state index contributed by atoms with van der Waals surface area (Å²) in [4.78, 5) is 12.2. The van der Waals surface area contributed by atoms with Crippen molar-refractivity contribution in [1.82, 2.24) is 10.2 Å². The third-order valence-corrected chi connectivity index (χ3v) is 4.82. The number of carbonyl (C=O) groups is 1. The van der Waals surface area contributed by atoms with Crippen molar-refractivity contribution >= 4 is 20.8 Å². The molecular formula is C15H19N4O3P. The van der Waals surface area contributed by atoms with Crippen LogP contribution in [-0.4, -0.2) is 29.4 Å². The van der Waals surface area contributed by atoms with Crippen LogP contribution in [0.4, 0.5) is 5.69 Å². The van der Waals surface area contributed by atoms with Gasteiger partial charge in [0, 0.05) is 18.2 Å². The largest absolute Gasteiger partial charge is 0.497 e. The minimum atomic E-state index is -0.695. The summed E-state index contributed by atoms with van der Waals surface area (Å²) in [5.41, 5.74) is 7.05. The van der Waals surface area contributed by atoms with Crippen molar-refractivity contribution < 1.29 is 13.9 Å². The van der Waals surface area contributed by atoms with Crippen LogP contribution in [0.1, 0.15) is 30.2 Å². The normalized spacial score (nSPS) is 19.1. The van der Waals surface area contributed by atoms with Crippen molar-refractivity contribution in [3.05, 3.63) is 35.5 Å². The zero-order valence-corrected chi connectivity index (χ0v) is 14.2. The lowest BCUT2D eigenvalue weighted by molar-refractivity contribution is -0.117. The van der Waals surface area contributed by atoms with Crippen molar-refractivity contribution in [3.63, 3.8) is 0 Å². The first kappa shape index (κ1) is 15.9. The van der Waals surface area contributed by atoms with Crippen LogP contribution in [0.2, 0.25) is 0 Å². The number of ether oxygens (including phenoxy) is 1. The molecule has 0 saturated carbocycles. The van der Waals surface area contributed by atoms with E-state index in [4.69, 9.17) is 14.9 Å². The second kappa shape index (κ2) is 5.91. The molecule has 1 amide bonds. The summed E-state index contributed by atoms with van der Waals surface area (Å²) in [6.45, 7) is 1.82. The Balaban J connectivity index is 1.83. The van der Waals surface area contributed by atoms with Gasteiger partial charge in [-0.25, -0.2) is 0 Å². The highest BCUT2D eigenvalue weighted by Gasteiger charge is 2.33. The zero-order valence-electron chi connectivity index (χ0n) is 13.0. The number of hydrogen-bond acceptors (Lipinski definition) is 6. The van der Waals surface area contributed by atoms with Crippen LogP contribution in [0.5, 0.6) is 5.75 Å². The second-order valence-electron chi connectivity index (χ2n) is 5.82. The van der Waals surface area contributed by atoms with Gasteiger partial charge in [0.2, 0.25) is 17.7 Å². The molecule has 1 aliphatic heterocycles. The molecule has 1 aliphatic rings. The molecular weight excluding hydrogens is 315 g/mol. The number of fused-ring (bicyclic) bond motifs is 1. The number of methoxy groups -OCH3 is 1. The van der Waals surface area contributed by atoms with E-state index >= 15 is 0 Å². The molecule has 3 N–H and O–H groups in total. The number of amides is 1. The molecule has 0 saturated heterocycles. The van der Waals surface area contributed by atoms with E-state index in [2.05, 4.69) is 24.8 Å². The minimum Gasteiger partial charge on any atom is -0.497 e. The molecule has 1 aromatic carbocycles. The Labute approximate surface area is 136 Å². The topological polar surface area (TPSA) is 103 Å². The lowest BCUT2D eigenvalue weighted by Gasteiger charge is -2.16. The zero-order chi connectivity index (χ0) is 16.6. The average Bonchev–Trinajstić information content (AvgIpc) is 3.13. The molecule has 7 nitrogen and oxygen atoms in total. The predicted molar refractivity (Wildman–Crippen MR) is 88.5 cm³/mol. The van der Waals surface area contributed by atoms with E-state index < -0.39 is 5.54 Å². The van der Waals surface area contributed by atoms with E-state index in [0.29, 0.717) is 30.1 Å². The van der Waals surface area contributed by atoms with Crippen LogP contribution >= 0.6 is 9.24 Å². The number of benzene rings is 1. The molecule has 2 heterocycles. The van der Waals surface area contributed by atoms with Gasteiger partial charge in [0.05, 0.1) is 18.6 Å². The lowest BCUT2D eigenvalue weighted by Crippen LogP contribution is -2.35. The van der Waals surface area contributed by atoms with Gasteiger partial charge in [-0.05, 0) is 24.7 Å². The van der Waals surface area contributed by atoms with Gasteiger partial charge in [-0.2, -0.15) is 0 Å². The fourth-order valence-corrected chi connectivity index (χ4v) is 2.64. The van der Waals surface area contributed by atoms with E-state index in [0.717, 1.165) is 11.3 Å². The smallest absolute Gasteiger partial charge is 0.236 e. The van der Waals surface area contributed by atoms with Gasteiger partial charge in [-0.1, -0.05) is 6.07 Å². The number of nitrogens with two attached hydrogens (primary N) is 1. The van der Waals surface area contributed by atoms with E-state index in [9.17, 15) is 4.79 Å². The fourth-order valence-electron chi connectivity index (χ4n) is 2.47. The lowest BCUT2D eigenvalue weighted by atomic mass is 9.97. The van der Waals surface area contributed by atoms with E-state index in [-0.39, 0.29) is 11.8 Å². The number of carbonyl (C=O) groups excluding carboxylic acids is 1. The Hall–Kier alpha value is -1.98. The molecule has 23 heavy (non-hydrogen) atoms. The SMILES string of the molecule is COc1ccc2c(c1)NC(=O)C2Cc1nnc([C@](C)(N)CP)o1. The van der Waals surface area contributed by atoms with E-state index in [1.807, 2.05) is 19.1 Å². The van der Waals surface area contributed by atoms with E-state index in [1.54, 1.807) is 13.2 Å². The van der Waals surface area contributed by atoms with Gasteiger partial charge in [0.15, 0.2) is 0 Å². The number of nitrogens with zero attached hydrogens (tertiary/aromatic N) is 2. The van der Waals surface area contributed by atoms with Crippen LogP contribution in [-0.2, 0) is 16.8 Å². The van der Waals surface area contributed by atoms with Crippen LogP contribution in [0.15, 0.2) is 22.6 Å². The van der Waals surface area contributed by atoms with E-state index in [1.165, 1.54) is 0 Å². The molecule has 0 aliphatic carbocycles. The Morgan fingerprint density at radius 2 is 2.26 bits per heavy atom. The van der Waals surface area contributed by atoms with Gasteiger partial charge >= 0.3 is 0 Å². The maximum absolute atomic E-state index is 12.2. The first-order valence-corrected chi connectivity index (χ1v) is 8.07. The van der Waals surface area contributed by atoms with Gasteiger partial charge < -0.3 is 20.2 Å². The summed E-state index contributed by atoms with van der Waals surface area (Å²) >= 11 is 0. The monoisotopic (exact) mass is 334 g/mol. The average molecular weight is 334 g/mol. The number of hydrogen-bond donors (Lipinski definition) is 2. The first-order valence-electron chi connectivity index (χ1n) is 7.25. The third-order valence-electron chi connectivity index (χ3n) is 3.97. The predicted octanol–water partition coefficient (Wildman–Crippen LogP) is 1.41. The molecule has 1 aromatic heterocycles. The summed E-state index contributed by atoms with van der Waals surface area (Å²) in [6, 6.07) is 5.51. The highest BCUT2D eigenvalue weighted by atomic mass is 31.0. The fraction of sp³-hybridized carbons (Fsp3) is 0.400. The number of anilines is 1. The quantitative estimate of drug-likeness (QED) is 0.801. The summed E-state index contributed by atoms with van der Waals surface area (Å²) in [7, 11) is 4.15. The van der Waals surface area contributed by atoms with Crippen LogP contribution in [0, 0.1) is 0 Å². The Bertz CT molecular complexity index is 744. The van der Waals surface area contributed by atoms with Gasteiger partial charge in [-0.3, -0.25) is 4.79 Å². The maximum Gasteiger partial charge on any atom is 0.236 e. The highest BCUT2D eigenvalue weighted by molar-refractivity contribution is 7.16. The third kappa shape index (κ3) is 2.94. The van der Waals surface area contributed by atoms with Crippen LogP contribution in [0.25, 0.3) is 0 Å². The van der Waals surface area contributed by atoms with Crippen molar-refractivity contribution in [2.24, 2.45) is 5.73 Å². The van der Waals surface area contributed by atoms with Gasteiger partial charge in [0.1, 0.15) is 5.75 Å². The molecule has 0 fully saturated rings. The Morgan fingerprint density at radius 3 is 2.96 bits per heavy atom. The Morgan fingerprint density at radius 1 is 1.48 bits per heavy atom. The standard InChI is InChI=1S/C15H19N4O3P/c1-15(16,7-23)14-19-18-12(22-14)6-10-9-4-3-8(21-2)5-11(9)17-13(10)20/h3-5,10H,6-7,16,23H2,1-2H3,(H,17,20)/t10?,15-/m1/s1. The van der Waals surface area contributed by atoms with Crippen molar-refractivity contribution in [2.45, 2.75) is 24.8 Å². The number of nitrogens with one attached hydrogen (secondary N) is 1. The van der Waals surface area contributed by atoms with Crippen molar-refractivity contribution in [2.75, 3.05) is 18.6 Å². The highest BCUT2D eigenvalue weighted by Crippen LogP contribution is 2.37. The van der Waals surface area contributed by atoms with Crippen molar-refractivity contribution in [3.8, 4) is 5.75 Å². The van der Waals surface area contributed by atoms with Gasteiger partial charge in [-0.15, -0.1) is 19.4 Å². The summed E-state index contributed by atoms with van der Waals surface area (Å²) in [5, 5.41) is 10.9. The van der Waals surface area contributed by atoms with Gasteiger partial charge in [0.25, 0.3) is 0 Å². The Kier molecular flexibility index (Phi) is 4.08. The minimum absolute atomic E-state index is 0.0884. The molecule has 0 spiro atoms. The summed E-state index contributed by atoms with van der Waals surface area (Å²) < 4.78 is 10.8. The maximum atomic E-state index is 12.2. The molecule has 2 aromatic rings. The van der Waals surface area contributed by atoms with Crippen LogP contribution in [0.3, 0.4) is 0 Å². The second-order valence-corrected chi connectivity index (χ2v) is 6.23. The molecule has 3 rings (SSSR count). The molecule has 0 bridgehead atoms. The van der Waals surface area contributed by atoms with Crippen LogP contribution < -0.4 is 15.8 Å².